The third-order valence-corrected chi connectivity index (χ3v) is 13.2. The zero-order chi connectivity index (χ0) is 50.7. The van der Waals surface area contributed by atoms with E-state index in [4.69, 9.17) is 14.2 Å². The van der Waals surface area contributed by atoms with E-state index in [9.17, 15) is 14.4 Å². The van der Waals surface area contributed by atoms with Crippen molar-refractivity contribution in [1.29, 1.82) is 0 Å². The molecule has 0 radical (unpaired) electrons. The number of unbranched alkanes of at least 4 members (excludes halogenated alkanes) is 34. The monoisotopic (exact) mass is 979 g/mol. The van der Waals surface area contributed by atoms with Crippen LogP contribution in [0.5, 0.6) is 0 Å². The van der Waals surface area contributed by atoms with E-state index in [2.05, 4.69) is 81.5 Å². The third-order valence-electron chi connectivity index (χ3n) is 13.2. The van der Waals surface area contributed by atoms with Crippen molar-refractivity contribution in [3.63, 3.8) is 0 Å². The molecule has 0 aromatic carbocycles. The van der Waals surface area contributed by atoms with E-state index < -0.39 is 6.10 Å². The van der Waals surface area contributed by atoms with Crippen molar-refractivity contribution in [2.75, 3.05) is 13.2 Å². The van der Waals surface area contributed by atoms with Gasteiger partial charge in [-0.05, 0) is 89.9 Å². The van der Waals surface area contributed by atoms with Gasteiger partial charge in [-0.2, -0.15) is 0 Å². The summed E-state index contributed by atoms with van der Waals surface area (Å²) in [6, 6.07) is 0. The van der Waals surface area contributed by atoms with E-state index in [-0.39, 0.29) is 31.1 Å². The summed E-state index contributed by atoms with van der Waals surface area (Å²) in [6.07, 6.45) is 73.7. The molecule has 0 aliphatic rings. The molecule has 0 saturated heterocycles. The number of carbonyl (C=O) groups excluding carboxylic acids is 3. The Labute approximate surface area is 434 Å². The van der Waals surface area contributed by atoms with Crippen LogP contribution in [0.15, 0.2) is 60.8 Å². The van der Waals surface area contributed by atoms with E-state index in [1.807, 2.05) is 0 Å². The van der Waals surface area contributed by atoms with Crippen LogP contribution in [-0.2, 0) is 28.6 Å². The molecule has 0 aliphatic heterocycles. The van der Waals surface area contributed by atoms with Crippen molar-refractivity contribution in [2.24, 2.45) is 0 Å². The van der Waals surface area contributed by atoms with E-state index in [0.29, 0.717) is 19.3 Å². The lowest BCUT2D eigenvalue weighted by atomic mass is 10.0. The number of esters is 3. The van der Waals surface area contributed by atoms with Gasteiger partial charge in [0.05, 0.1) is 0 Å². The highest BCUT2D eigenvalue weighted by molar-refractivity contribution is 5.71. The van der Waals surface area contributed by atoms with Gasteiger partial charge in [0.15, 0.2) is 6.10 Å². The van der Waals surface area contributed by atoms with Crippen molar-refractivity contribution in [3.05, 3.63) is 60.8 Å². The van der Waals surface area contributed by atoms with Crippen LogP contribution >= 0.6 is 0 Å². The Hall–Kier alpha value is -2.89. The van der Waals surface area contributed by atoms with Crippen molar-refractivity contribution in [3.8, 4) is 0 Å². The van der Waals surface area contributed by atoms with Crippen LogP contribution in [0.25, 0.3) is 0 Å². The molecule has 6 heteroatoms. The molecule has 70 heavy (non-hydrogen) atoms. The van der Waals surface area contributed by atoms with Crippen LogP contribution in [0.2, 0.25) is 0 Å². The van der Waals surface area contributed by atoms with Crippen molar-refractivity contribution in [2.45, 2.75) is 316 Å². The molecule has 0 fully saturated rings. The molecule has 0 heterocycles. The van der Waals surface area contributed by atoms with E-state index in [1.165, 1.54) is 173 Å². The minimum absolute atomic E-state index is 0.0779. The smallest absolute Gasteiger partial charge is 0.306 e. The second kappa shape index (κ2) is 58.7. The lowest BCUT2D eigenvalue weighted by Gasteiger charge is -2.18. The van der Waals surface area contributed by atoms with Gasteiger partial charge in [-0.3, -0.25) is 14.4 Å². The van der Waals surface area contributed by atoms with Crippen LogP contribution in [0, 0.1) is 0 Å². The summed E-state index contributed by atoms with van der Waals surface area (Å²) in [5.74, 6) is -0.885. The number of hydrogen-bond donors (Lipinski definition) is 0. The minimum atomic E-state index is -0.779. The van der Waals surface area contributed by atoms with Crippen LogP contribution in [0.3, 0.4) is 0 Å². The van der Waals surface area contributed by atoms with Gasteiger partial charge in [0, 0.05) is 19.3 Å². The van der Waals surface area contributed by atoms with Crippen molar-refractivity contribution in [1.82, 2.24) is 0 Å². The molecule has 6 nitrogen and oxygen atoms in total. The molecule has 0 bridgehead atoms. The lowest BCUT2D eigenvalue weighted by Crippen LogP contribution is -2.30. The highest BCUT2D eigenvalue weighted by atomic mass is 16.6. The first-order chi connectivity index (χ1) is 34.5. The van der Waals surface area contributed by atoms with Gasteiger partial charge in [-0.1, -0.05) is 261 Å². The molecule has 0 aromatic rings. The second-order valence-electron chi connectivity index (χ2n) is 20.3. The summed E-state index contributed by atoms with van der Waals surface area (Å²) in [6.45, 7) is 6.60. The molecule has 1 unspecified atom stereocenters. The predicted molar refractivity (Wildman–Crippen MR) is 302 cm³/mol. The molecule has 0 spiro atoms. The summed E-state index contributed by atoms with van der Waals surface area (Å²) >= 11 is 0. The molecule has 0 N–H and O–H groups in total. The number of hydrogen-bond acceptors (Lipinski definition) is 6. The molecule has 0 aliphatic carbocycles. The van der Waals surface area contributed by atoms with Gasteiger partial charge in [-0.25, -0.2) is 0 Å². The van der Waals surface area contributed by atoms with Crippen LogP contribution in [0.4, 0.5) is 0 Å². The highest BCUT2D eigenvalue weighted by Crippen LogP contribution is 2.16. The maximum atomic E-state index is 12.8. The fourth-order valence-corrected chi connectivity index (χ4v) is 8.66. The normalized spacial score (nSPS) is 12.4. The Balaban J connectivity index is 4.19. The molecule has 0 amide bonds. The molecular formula is C64H114O6. The number of ether oxygens (including phenoxy) is 3. The summed E-state index contributed by atoms with van der Waals surface area (Å²) in [5.41, 5.74) is 0. The van der Waals surface area contributed by atoms with Crippen LogP contribution in [0.1, 0.15) is 310 Å². The first-order valence-corrected chi connectivity index (χ1v) is 30.3. The average Bonchev–Trinajstić information content (AvgIpc) is 3.36. The van der Waals surface area contributed by atoms with E-state index in [0.717, 1.165) is 96.3 Å². The van der Waals surface area contributed by atoms with Gasteiger partial charge < -0.3 is 14.2 Å². The van der Waals surface area contributed by atoms with Gasteiger partial charge in [0.2, 0.25) is 0 Å². The van der Waals surface area contributed by atoms with Crippen molar-refractivity contribution < 1.29 is 28.6 Å². The Kier molecular flexibility index (Phi) is 56.3. The summed E-state index contributed by atoms with van der Waals surface area (Å²) in [5, 5.41) is 0. The molecular weight excluding hydrogens is 865 g/mol. The summed E-state index contributed by atoms with van der Waals surface area (Å²) in [7, 11) is 0. The third kappa shape index (κ3) is 56.0. The first kappa shape index (κ1) is 67.1. The maximum Gasteiger partial charge on any atom is 0.306 e. The fourth-order valence-electron chi connectivity index (χ4n) is 8.66. The maximum absolute atomic E-state index is 12.8. The first-order valence-electron chi connectivity index (χ1n) is 30.3. The second-order valence-corrected chi connectivity index (χ2v) is 20.3. The lowest BCUT2D eigenvalue weighted by molar-refractivity contribution is -0.167. The van der Waals surface area contributed by atoms with Gasteiger partial charge >= 0.3 is 17.9 Å². The Morgan fingerprint density at radius 3 is 0.814 bits per heavy atom. The zero-order valence-electron chi connectivity index (χ0n) is 46.5. The number of allylic oxidation sites excluding steroid dienone is 10. The van der Waals surface area contributed by atoms with Gasteiger partial charge in [-0.15, -0.1) is 0 Å². The quantitative estimate of drug-likeness (QED) is 0.0261. The van der Waals surface area contributed by atoms with Crippen LogP contribution < -0.4 is 0 Å². The molecule has 406 valence electrons. The Morgan fingerprint density at radius 1 is 0.286 bits per heavy atom. The van der Waals surface area contributed by atoms with Gasteiger partial charge in [0.25, 0.3) is 0 Å². The average molecular weight is 980 g/mol. The summed E-state index contributed by atoms with van der Waals surface area (Å²) in [4.78, 5) is 38.1. The SMILES string of the molecule is CCCCCC/C=C\C/C=C\CCCCCCCC(=O)OC(COC(=O)CCCCCCCCCCC)COC(=O)CCCCCCCCCCCCCC/C=C\C/C=C\C/C=C\CCCCCCC. The van der Waals surface area contributed by atoms with E-state index in [1.54, 1.807) is 0 Å². The molecule has 0 aromatic heterocycles. The summed E-state index contributed by atoms with van der Waals surface area (Å²) < 4.78 is 16.8. The number of rotatable bonds is 55. The largest absolute Gasteiger partial charge is 0.462 e. The fraction of sp³-hybridized carbons (Fsp3) is 0.797. The predicted octanol–water partition coefficient (Wildman–Crippen LogP) is 20.4. The highest BCUT2D eigenvalue weighted by Gasteiger charge is 2.19. The van der Waals surface area contributed by atoms with Gasteiger partial charge in [0.1, 0.15) is 13.2 Å². The molecule has 1 atom stereocenters. The topological polar surface area (TPSA) is 78.9 Å². The Morgan fingerprint density at radius 2 is 0.514 bits per heavy atom. The Bertz CT molecular complexity index is 1260. The number of carbonyl (C=O) groups is 3. The van der Waals surface area contributed by atoms with E-state index >= 15 is 0 Å². The van der Waals surface area contributed by atoms with Crippen molar-refractivity contribution >= 4 is 17.9 Å². The zero-order valence-corrected chi connectivity index (χ0v) is 46.5. The van der Waals surface area contributed by atoms with Crippen LogP contribution in [-0.4, -0.2) is 37.2 Å². The molecule has 0 rings (SSSR count). The minimum Gasteiger partial charge on any atom is -0.462 e. The molecule has 0 saturated carbocycles. The standard InChI is InChI=1S/C64H114O6/c1-4-7-10-13-16-19-21-23-25-27-28-29-30-31-32-33-34-35-36-37-39-40-42-45-48-51-54-57-63(66)69-60-61(59-68-62(65)56-53-50-47-44-18-15-12-9-6-3)70-64(67)58-55-52-49-46-43-41-38-26-24-22-20-17-14-11-8-5-2/h20-23,26-28,30-31,38,61H,4-19,24-25,29,32-37,39-60H2,1-3H3/b22-20-,23-21-,28-27-,31-30-,38-26-.